The summed E-state index contributed by atoms with van der Waals surface area (Å²) in [5.74, 6) is 0.766. The standard InChI is InChI=1S/C13H21N3OS/c1-7(2)5-6-16-13-9(8-3-4-8)10(14)11(18-13)12(15)17/h7-8,16H,3-6,14H2,1-2H3,(H2,15,17). The predicted molar refractivity (Wildman–Crippen MR) is 77.2 cm³/mol. The summed E-state index contributed by atoms with van der Waals surface area (Å²) in [6.45, 7) is 5.30. The number of carbonyl (C=O) groups is 1. The van der Waals surface area contributed by atoms with Gasteiger partial charge in [-0.15, -0.1) is 11.3 Å². The monoisotopic (exact) mass is 267 g/mol. The minimum atomic E-state index is -0.420. The molecular formula is C13H21N3OS. The van der Waals surface area contributed by atoms with Gasteiger partial charge in [0, 0.05) is 12.1 Å². The highest BCUT2D eigenvalue weighted by molar-refractivity contribution is 7.18. The molecule has 0 atom stereocenters. The van der Waals surface area contributed by atoms with Crippen LogP contribution in [0.25, 0.3) is 0 Å². The maximum atomic E-state index is 11.3. The number of primary amides is 1. The van der Waals surface area contributed by atoms with Crippen molar-refractivity contribution in [3.63, 3.8) is 0 Å². The van der Waals surface area contributed by atoms with Gasteiger partial charge in [0.1, 0.15) is 4.88 Å². The fourth-order valence-corrected chi connectivity index (χ4v) is 3.11. The van der Waals surface area contributed by atoms with E-state index in [0.29, 0.717) is 22.4 Å². The van der Waals surface area contributed by atoms with Crippen LogP contribution in [0.5, 0.6) is 0 Å². The zero-order valence-corrected chi connectivity index (χ0v) is 11.8. The van der Waals surface area contributed by atoms with Crippen LogP contribution in [0.4, 0.5) is 10.7 Å². The lowest BCUT2D eigenvalue weighted by Gasteiger charge is -2.08. The Morgan fingerprint density at radius 2 is 2.17 bits per heavy atom. The Morgan fingerprint density at radius 3 is 2.67 bits per heavy atom. The van der Waals surface area contributed by atoms with E-state index in [9.17, 15) is 4.79 Å². The van der Waals surface area contributed by atoms with E-state index in [1.54, 1.807) is 0 Å². The molecule has 1 saturated carbocycles. The van der Waals surface area contributed by atoms with E-state index in [0.717, 1.165) is 36.4 Å². The summed E-state index contributed by atoms with van der Waals surface area (Å²) in [7, 11) is 0. The van der Waals surface area contributed by atoms with Crippen LogP contribution in [-0.4, -0.2) is 12.5 Å². The normalized spacial score (nSPS) is 15.1. The number of nitrogens with one attached hydrogen (secondary N) is 1. The number of carbonyl (C=O) groups excluding carboxylic acids is 1. The molecule has 5 heteroatoms. The first-order valence-corrected chi connectivity index (χ1v) is 7.28. The molecule has 0 aromatic carbocycles. The van der Waals surface area contributed by atoms with Crippen LogP contribution < -0.4 is 16.8 Å². The van der Waals surface area contributed by atoms with Crippen LogP contribution in [0, 0.1) is 5.92 Å². The highest BCUT2D eigenvalue weighted by atomic mass is 32.1. The molecule has 1 aliphatic rings. The van der Waals surface area contributed by atoms with Gasteiger partial charge in [0.2, 0.25) is 0 Å². The third kappa shape index (κ3) is 2.77. The van der Waals surface area contributed by atoms with E-state index in [1.807, 2.05) is 0 Å². The molecule has 4 nitrogen and oxygen atoms in total. The van der Waals surface area contributed by atoms with E-state index >= 15 is 0 Å². The van der Waals surface area contributed by atoms with Gasteiger partial charge >= 0.3 is 0 Å². The van der Waals surface area contributed by atoms with Gasteiger partial charge in [0.25, 0.3) is 5.91 Å². The smallest absolute Gasteiger partial charge is 0.260 e. The Morgan fingerprint density at radius 1 is 1.50 bits per heavy atom. The van der Waals surface area contributed by atoms with Crippen molar-refractivity contribution >= 4 is 27.9 Å². The maximum Gasteiger partial charge on any atom is 0.260 e. The van der Waals surface area contributed by atoms with Crippen molar-refractivity contribution in [3.05, 3.63) is 10.4 Å². The van der Waals surface area contributed by atoms with Crippen molar-refractivity contribution in [2.45, 2.75) is 39.0 Å². The Balaban J connectivity index is 2.17. The van der Waals surface area contributed by atoms with Crippen molar-refractivity contribution in [1.82, 2.24) is 0 Å². The van der Waals surface area contributed by atoms with Crippen molar-refractivity contribution in [2.75, 3.05) is 17.6 Å². The second-order valence-corrected chi connectivity index (χ2v) is 6.36. The summed E-state index contributed by atoms with van der Waals surface area (Å²) in [6.07, 6.45) is 3.43. The molecule has 0 spiro atoms. The molecule has 0 radical (unpaired) electrons. The third-order valence-electron chi connectivity index (χ3n) is 3.20. The van der Waals surface area contributed by atoms with Crippen LogP contribution in [0.2, 0.25) is 0 Å². The van der Waals surface area contributed by atoms with E-state index in [4.69, 9.17) is 11.5 Å². The van der Waals surface area contributed by atoms with Gasteiger partial charge in [-0.3, -0.25) is 4.79 Å². The van der Waals surface area contributed by atoms with Gasteiger partial charge in [-0.2, -0.15) is 0 Å². The van der Waals surface area contributed by atoms with Gasteiger partial charge in [0.15, 0.2) is 0 Å². The zero-order valence-electron chi connectivity index (χ0n) is 11.0. The average molecular weight is 267 g/mol. The van der Waals surface area contributed by atoms with Gasteiger partial charge in [-0.05, 0) is 31.1 Å². The fraction of sp³-hybridized carbons (Fsp3) is 0.615. The number of thiophene rings is 1. The summed E-state index contributed by atoms with van der Waals surface area (Å²) in [6, 6.07) is 0. The number of hydrogen-bond acceptors (Lipinski definition) is 4. The molecule has 1 aromatic heterocycles. The summed E-state index contributed by atoms with van der Waals surface area (Å²) in [5, 5.41) is 4.46. The van der Waals surface area contributed by atoms with Crippen molar-refractivity contribution in [3.8, 4) is 0 Å². The van der Waals surface area contributed by atoms with Crippen molar-refractivity contribution < 1.29 is 4.79 Å². The van der Waals surface area contributed by atoms with E-state index in [1.165, 1.54) is 11.3 Å². The van der Waals surface area contributed by atoms with Crippen LogP contribution >= 0.6 is 11.3 Å². The van der Waals surface area contributed by atoms with Gasteiger partial charge in [-0.1, -0.05) is 13.8 Å². The molecule has 0 unspecified atom stereocenters. The molecule has 1 fully saturated rings. The quantitative estimate of drug-likeness (QED) is 0.741. The summed E-state index contributed by atoms with van der Waals surface area (Å²) in [5.41, 5.74) is 13.1. The molecule has 0 saturated heterocycles. The number of amides is 1. The highest BCUT2D eigenvalue weighted by Crippen LogP contribution is 2.50. The SMILES string of the molecule is CC(C)CCNc1sc(C(N)=O)c(N)c1C1CC1. The molecule has 100 valence electrons. The number of nitrogen functional groups attached to an aromatic ring is 1. The van der Waals surface area contributed by atoms with E-state index < -0.39 is 5.91 Å². The van der Waals surface area contributed by atoms with Crippen LogP contribution in [0.3, 0.4) is 0 Å². The topological polar surface area (TPSA) is 81.1 Å². The largest absolute Gasteiger partial charge is 0.397 e. The van der Waals surface area contributed by atoms with Gasteiger partial charge < -0.3 is 16.8 Å². The molecule has 0 bridgehead atoms. The summed E-state index contributed by atoms with van der Waals surface area (Å²) >= 11 is 1.40. The van der Waals surface area contributed by atoms with Crippen molar-refractivity contribution in [1.29, 1.82) is 0 Å². The molecule has 0 aliphatic heterocycles. The first-order valence-electron chi connectivity index (χ1n) is 6.46. The van der Waals surface area contributed by atoms with Crippen LogP contribution in [0.1, 0.15) is 54.3 Å². The minimum absolute atomic E-state index is 0.420. The minimum Gasteiger partial charge on any atom is -0.397 e. The molecule has 2 rings (SSSR count). The first kappa shape index (κ1) is 13.2. The third-order valence-corrected chi connectivity index (χ3v) is 4.39. The van der Waals surface area contributed by atoms with Crippen LogP contribution in [0.15, 0.2) is 0 Å². The van der Waals surface area contributed by atoms with Gasteiger partial charge in [-0.25, -0.2) is 0 Å². The molecule has 1 aromatic rings. The summed E-state index contributed by atoms with van der Waals surface area (Å²) < 4.78 is 0. The fourth-order valence-electron chi connectivity index (χ4n) is 2.02. The Bertz CT molecular complexity index is 449. The maximum absolute atomic E-state index is 11.3. The molecule has 1 amide bonds. The van der Waals surface area contributed by atoms with E-state index in [2.05, 4.69) is 19.2 Å². The molecule has 5 N–H and O–H groups in total. The molecule has 1 aliphatic carbocycles. The molecular weight excluding hydrogens is 246 g/mol. The number of anilines is 2. The highest BCUT2D eigenvalue weighted by Gasteiger charge is 2.32. The molecule has 1 heterocycles. The average Bonchev–Trinajstić information content (AvgIpc) is 3.04. The van der Waals surface area contributed by atoms with Crippen molar-refractivity contribution in [2.24, 2.45) is 11.7 Å². The number of rotatable bonds is 6. The lowest BCUT2D eigenvalue weighted by Crippen LogP contribution is -2.11. The summed E-state index contributed by atoms with van der Waals surface area (Å²) in [4.78, 5) is 11.8. The second-order valence-electron chi connectivity index (χ2n) is 5.34. The predicted octanol–water partition coefficient (Wildman–Crippen LogP) is 2.76. The first-order chi connectivity index (χ1) is 8.50. The lowest BCUT2D eigenvalue weighted by molar-refractivity contribution is 0.100. The Hall–Kier alpha value is -1.23. The lowest BCUT2D eigenvalue weighted by atomic mass is 10.1. The number of nitrogens with two attached hydrogens (primary N) is 2. The zero-order chi connectivity index (χ0) is 13.3. The van der Waals surface area contributed by atoms with Crippen LogP contribution in [-0.2, 0) is 0 Å². The van der Waals surface area contributed by atoms with E-state index in [-0.39, 0.29) is 0 Å². The Labute approximate surface area is 112 Å². The second kappa shape index (κ2) is 5.18. The van der Waals surface area contributed by atoms with Gasteiger partial charge in [0.05, 0.1) is 10.7 Å². The number of hydrogen-bond donors (Lipinski definition) is 3. The Kier molecular flexibility index (Phi) is 3.80. The molecule has 18 heavy (non-hydrogen) atoms.